The van der Waals surface area contributed by atoms with Crippen molar-refractivity contribution in [3.8, 4) is 0 Å². The summed E-state index contributed by atoms with van der Waals surface area (Å²) in [6, 6.07) is 7.16. The molecule has 0 N–H and O–H groups in total. The minimum Gasteiger partial charge on any atom is -0.368 e. The van der Waals surface area contributed by atoms with E-state index in [4.69, 9.17) is 4.74 Å². The van der Waals surface area contributed by atoms with E-state index in [9.17, 15) is 8.42 Å². The molecule has 1 aromatic rings. The van der Waals surface area contributed by atoms with Crippen LogP contribution in [0.2, 0.25) is 0 Å². The van der Waals surface area contributed by atoms with E-state index in [1.54, 1.807) is 23.5 Å². The predicted molar refractivity (Wildman–Crippen MR) is 88.7 cm³/mol. The van der Waals surface area contributed by atoms with E-state index in [2.05, 4.69) is 0 Å². The fraction of sp³-hybridized carbons (Fsp3) is 0.667. The van der Waals surface area contributed by atoms with E-state index in [0.717, 1.165) is 18.6 Å². The molecule has 1 aromatic carbocycles. The number of hydrogen-bond acceptors (Lipinski definition) is 3. The third-order valence-corrected chi connectivity index (χ3v) is 8.02. The maximum atomic E-state index is 13.0. The van der Waals surface area contributed by atoms with Crippen LogP contribution in [0.25, 0.3) is 0 Å². The van der Waals surface area contributed by atoms with E-state index < -0.39 is 10.0 Å². The summed E-state index contributed by atoms with van der Waals surface area (Å²) in [4.78, 5) is 0.387. The van der Waals surface area contributed by atoms with Gasteiger partial charge in [0, 0.05) is 7.05 Å². The second kappa shape index (κ2) is 5.30. The molecule has 1 aliphatic heterocycles. The minimum atomic E-state index is -3.46. The zero-order valence-corrected chi connectivity index (χ0v) is 14.7. The number of aryl methyl sites for hydroxylation is 1. The molecule has 0 radical (unpaired) electrons. The smallest absolute Gasteiger partial charge is 0.243 e. The molecule has 2 saturated carbocycles. The number of benzene rings is 1. The number of nitrogens with zero attached hydrogens (tertiary/aromatic N) is 1. The van der Waals surface area contributed by atoms with Crippen molar-refractivity contribution in [2.45, 2.75) is 55.6 Å². The van der Waals surface area contributed by atoms with Gasteiger partial charge in [-0.3, -0.25) is 0 Å². The number of fused-ring (bicyclic) bond motifs is 2. The van der Waals surface area contributed by atoms with Crippen molar-refractivity contribution in [3.63, 3.8) is 0 Å². The van der Waals surface area contributed by atoms with Crippen molar-refractivity contribution >= 4 is 10.0 Å². The number of rotatable bonds is 3. The highest BCUT2D eigenvalue weighted by atomic mass is 32.2. The van der Waals surface area contributed by atoms with Crippen molar-refractivity contribution in [1.29, 1.82) is 0 Å². The van der Waals surface area contributed by atoms with Gasteiger partial charge in [-0.05, 0) is 43.7 Å². The summed E-state index contributed by atoms with van der Waals surface area (Å²) >= 11 is 0. The highest BCUT2D eigenvalue weighted by Gasteiger charge is 2.72. The summed E-state index contributed by atoms with van der Waals surface area (Å²) < 4.78 is 33.5. The fourth-order valence-electron chi connectivity index (χ4n) is 4.86. The van der Waals surface area contributed by atoms with Crippen molar-refractivity contribution in [1.82, 2.24) is 4.31 Å². The second-order valence-electron chi connectivity index (χ2n) is 7.43. The second-order valence-corrected chi connectivity index (χ2v) is 9.43. The Kier molecular flexibility index (Phi) is 3.59. The molecular formula is C18H25NO3S. The topological polar surface area (TPSA) is 49.9 Å². The van der Waals surface area contributed by atoms with Gasteiger partial charge in [0.05, 0.1) is 17.5 Å². The maximum absolute atomic E-state index is 13.0. The van der Waals surface area contributed by atoms with Crippen LogP contribution < -0.4 is 0 Å². The Morgan fingerprint density at radius 2 is 1.78 bits per heavy atom. The van der Waals surface area contributed by atoms with Crippen LogP contribution in [0, 0.1) is 18.8 Å². The monoisotopic (exact) mass is 335 g/mol. The van der Waals surface area contributed by atoms with Gasteiger partial charge in [0.15, 0.2) is 0 Å². The number of epoxide rings is 1. The SMILES string of the molecule is Cc1ccc(S(=O)(=O)N(C)[C@H]2[C@@H]3CCCCC[C@H]3[C@]23CO3)cc1. The number of hydrogen-bond donors (Lipinski definition) is 0. The summed E-state index contributed by atoms with van der Waals surface area (Å²) in [7, 11) is -1.72. The van der Waals surface area contributed by atoms with Gasteiger partial charge in [-0.2, -0.15) is 4.31 Å². The lowest BCUT2D eigenvalue weighted by molar-refractivity contribution is -0.0533. The molecule has 5 heteroatoms. The van der Waals surface area contributed by atoms with Gasteiger partial charge in [0.2, 0.25) is 10.0 Å². The van der Waals surface area contributed by atoms with Crippen LogP contribution in [0.5, 0.6) is 0 Å². The summed E-state index contributed by atoms with van der Waals surface area (Å²) in [6.07, 6.45) is 6.07. The van der Waals surface area contributed by atoms with E-state index in [1.807, 2.05) is 19.1 Å². The average molecular weight is 335 g/mol. The average Bonchev–Trinajstić information content (AvgIpc) is 3.32. The normalized spacial score (nSPS) is 36.4. The zero-order chi connectivity index (χ0) is 16.2. The van der Waals surface area contributed by atoms with Crippen molar-refractivity contribution in [3.05, 3.63) is 29.8 Å². The molecule has 4 atom stereocenters. The third-order valence-electron chi connectivity index (χ3n) is 6.17. The van der Waals surface area contributed by atoms with Crippen LogP contribution in [0.1, 0.15) is 37.7 Å². The van der Waals surface area contributed by atoms with Gasteiger partial charge < -0.3 is 4.74 Å². The van der Waals surface area contributed by atoms with Gasteiger partial charge in [-0.15, -0.1) is 0 Å². The maximum Gasteiger partial charge on any atom is 0.243 e. The van der Waals surface area contributed by atoms with Crippen LogP contribution in [-0.2, 0) is 14.8 Å². The first-order valence-corrected chi connectivity index (χ1v) is 10.1. The highest BCUT2D eigenvalue weighted by molar-refractivity contribution is 7.89. The predicted octanol–water partition coefficient (Wildman–Crippen LogP) is 2.96. The van der Waals surface area contributed by atoms with Gasteiger partial charge >= 0.3 is 0 Å². The molecule has 4 rings (SSSR count). The Morgan fingerprint density at radius 1 is 1.13 bits per heavy atom. The Balaban J connectivity index is 1.63. The molecule has 0 amide bonds. The van der Waals surface area contributed by atoms with Crippen molar-refractivity contribution in [2.75, 3.05) is 13.7 Å². The molecule has 3 aliphatic rings. The van der Waals surface area contributed by atoms with Gasteiger partial charge in [0.1, 0.15) is 5.60 Å². The van der Waals surface area contributed by atoms with Gasteiger partial charge in [-0.25, -0.2) is 8.42 Å². The Hall–Kier alpha value is -0.910. The summed E-state index contributed by atoms with van der Waals surface area (Å²) in [5.74, 6) is 1.02. The van der Waals surface area contributed by atoms with E-state index in [1.165, 1.54) is 25.7 Å². The van der Waals surface area contributed by atoms with Crippen molar-refractivity contribution in [2.24, 2.45) is 11.8 Å². The van der Waals surface area contributed by atoms with E-state index in [-0.39, 0.29) is 11.6 Å². The molecule has 1 heterocycles. The lowest BCUT2D eigenvalue weighted by atomic mass is 9.58. The first-order valence-electron chi connectivity index (χ1n) is 8.65. The molecule has 3 fully saturated rings. The van der Waals surface area contributed by atoms with Crippen LogP contribution in [-0.4, -0.2) is 38.0 Å². The molecule has 0 bridgehead atoms. The molecule has 0 unspecified atom stereocenters. The van der Waals surface area contributed by atoms with Crippen LogP contribution in [0.15, 0.2) is 29.2 Å². The lowest BCUT2D eigenvalue weighted by Gasteiger charge is -2.53. The van der Waals surface area contributed by atoms with E-state index in [0.29, 0.717) is 16.7 Å². The zero-order valence-electron chi connectivity index (χ0n) is 13.9. The number of ether oxygens (including phenoxy) is 1. The van der Waals surface area contributed by atoms with Gasteiger partial charge in [0.25, 0.3) is 0 Å². The number of sulfonamides is 1. The third kappa shape index (κ3) is 2.28. The lowest BCUT2D eigenvalue weighted by Crippen LogP contribution is -2.66. The Morgan fingerprint density at radius 3 is 2.43 bits per heavy atom. The van der Waals surface area contributed by atoms with Crippen molar-refractivity contribution < 1.29 is 13.2 Å². The highest BCUT2D eigenvalue weighted by Crippen LogP contribution is 2.61. The minimum absolute atomic E-state index is 0.0110. The molecule has 0 aromatic heterocycles. The summed E-state index contributed by atoms with van der Waals surface area (Å²) in [5, 5.41) is 0. The quantitative estimate of drug-likeness (QED) is 0.798. The van der Waals surface area contributed by atoms with Gasteiger partial charge in [-0.1, -0.05) is 37.0 Å². The Bertz CT molecular complexity index is 693. The summed E-state index contributed by atoms with van der Waals surface area (Å²) in [5.41, 5.74) is 0.891. The Labute approximate surface area is 138 Å². The standard InChI is InChI=1S/C18H25NO3S/c1-13-8-10-14(11-9-13)23(20,21)19(2)17-15-6-4-3-5-7-16(15)18(17)12-22-18/h8-11,15-17H,3-7,12H2,1-2H3/t15-,16-,17+,18-/m1/s1. The molecular weight excluding hydrogens is 310 g/mol. The fourth-order valence-corrected chi connectivity index (χ4v) is 6.30. The molecule has 1 saturated heterocycles. The largest absolute Gasteiger partial charge is 0.368 e. The van der Waals surface area contributed by atoms with Crippen LogP contribution in [0.3, 0.4) is 0 Å². The molecule has 126 valence electrons. The molecule has 2 aliphatic carbocycles. The number of likely N-dealkylation sites (N-methyl/N-ethyl adjacent to an activating group) is 1. The first kappa shape index (κ1) is 15.6. The summed E-state index contributed by atoms with van der Waals surface area (Å²) in [6.45, 7) is 2.70. The van der Waals surface area contributed by atoms with Crippen LogP contribution in [0.4, 0.5) is 0 Å². The molecule has 23 heavy (non-hydrogen) atoms. The van der Waals surface area contributed by atoms with E-state index >= 15 is 0 Å². The molecule has 4 nitrogen and oxygen atoms in total. The first-order chi connectivity index (χ1) is 11.0. The van der Waals surface area contributed by atoms with Crippen LogP contribution >= 0.6 is 0 Å². The molecule has 1 spiro atoms.